The maximum absolute atomic E-state index is 14.4. The summed E-state index contributed by atoms with van der Waals surface area (Å²) < 4.78 is 28.9. The largest absolute Gasteiger partial charge is 0.349 e. The van der Waals surface area contributed by atoms with E-state index < -0.39 is 40.6 Å². The van der Waals surface area contributed by atoms with E-state index in [0.29, 0.717) is 16.7 Å². The molecule has 11 heteroatoms. The van der Waals surface area contributed by atoms with E-state index in [4.69, 9.17) is 19.4 Å². The first kappa shape index (κ1) is 22.9. The van der Waals surface area contributed by atoms with Gasteiger partial charge in [-0.05, 0) is 35.7 Å². The van der Waals surface area contributed by atoms with Crippen molar-refractivity contribution in [2.24, 2.45) is 0 Å². The zero-order valence-corrected chi connectivity index (χ0v) is 17.9. The third kappa shape index (κ3) is 4.10. The van der Waals surface area contributed by atoms with Crippen LogP contribution in [-0.2, 0) is 33.4 Å². The number of nitrogens with one attached hydrogen (secondary N) is 2. The van der Waals surface area contributed by atoms with Crippen molar-refractivity contribution in [2.75, 3.05) is 0 Å². The highest BCUT2D eigenvalue weighted by Crippen LogP contribution is 2.33. The molecule has 4 amide bonds. The van der Waals surface area contributed by atoms with Crippen molar-refractivity contribution in [3.8, 4) is 0 Å². The van der Waals surface area contributed by atoms with Crippen LogP contribution in [0.2, 0.25) is 5.02 Å². The number of alkyl halides is 2. The maximum atomic E-state index is 14.4. The van der Waals surface area contributed by atoms with Crippen molar-refractivity contribution >= 4 is 43.1 Å². The standard InChI is InChI=1S/C22H17BClF2N3O4/c23-21(8-7-17(30)28-19(21)32)29-11-13-9-12(1-6-16(13)18(29)31)10-27-20(33)22(25,26)14-2-4-15(24)5-3-14/h1-6,9H,7-8,10-11H2,(H,27,33)(H,28,30,32)/t21-/m0/s1. The highest BCUT2D eigenvalue weighted by molar-refractivity contribution is 6.32. The summed E-state index contributed by atoms with van der Waals surface area (Å²) in [5, 5.41) is 4.62. The van der Waals surface area contributed by atoms with Crippen LogP contribution in [0, 0.1) is 0 Å². The number of hydrogen-bond donors (Lipinski definition) is 2. The van der Waals surface area contributed by atoms with Gasteiger partial charge in [0.05, 0.1) is 5.44 Å². The number of nitrogens with zero attached hydrogens (tertiary/aromatic N) is 1. The van der Waals surface area contributed by atoms with Crippen LogP contribution in [0.3, 0.4) is 0 Å². The summed E-state index contributed by atoms with van der Waals surface area (Å²) in [6.07, 6.45) is -0.0123. The average Bonchev–Trinajstić information content (AvgIpc) is 3.11. The predicted molar refractivity (Wildman–Crippen MR) is 114 cm³/mol. The summed E-state index contributed by atoms with van der Waals surface area (Å²) in [5.74, 6) is -6.92. The van der Waals surface area contributed by atoms with Gasteiger partial charge < -0.3 is 10.2 Å². The van der Waals surface area contributed by atoms with Gasteiger partial charge in [-0.1, -0.05) is 35.9 Å². The van der Waals surface area contributed by atoms with Crippen molar-refractivity contribution in [2.45, 2.75) is 37.3 Å². The third-order valence-electron chi connectivity index (χ3n) is 5.78. The molecule has 2 aliphatic heterocycles. The van der Waals surface area contributed by atoms with Crippen LogP contribution < -0.4 is 10.6 Å². The Kier molecular flexibility index (Phi) is 5.73. The smallest absolute Gasteiger partial charge is 0.346 e. The van der Waals surface area contributed by atoms with Crippen molar-refractivity contribution in [3.05, 3.63) is 69.7 Å². The summed E-state index contributed by atoms with van der Waals surface area (Å²) in [6, 6.07) is 9.30. The molecule has 2 heterocycles. The fraction of sp³-hybridized carbons (Fsp3) is 0.273. The second kappa shape index (κ2) is 8.26. The third-order valence-corrected chi connectivity index (χ3v) is 6.03. The summed E-state index contributed by atoms with van der Waals surface area (Å²) in [5.41, 5.74) is -0.828. The van der Waals surface area contributed by atoms with Gasteiger partial charge in [0.15, 0.2) is 0 Å². The van der Waals surface area contributed by atoms with Crippen molar-refractivity contribution in [1.82, 2.24) is 15.5 Å². The minimum atomic E-state index is -3.76. The van der Waals surface area contributed by atoms with Gasteiger partial charge in [0.2, 0.25) is 11.8 Å². The lowest BCUT2D eigenvalue weighted by atomic mass is 9.70. The van der Waals surface area contributed by atoms with Gasteiger partial charge >= 0.3 is 5.92 Å². The number of amides is 4. The summed E-state index contributed by atoms with van der Waals surface area (Å²) in [6.45, 7) is -0.193. The zero-order chi connectivity index (χ0) is 24.0. The van der Waals surface area contributed by atoms with Crippen LogP contribution in [0.5, 0.6) is 0 Å². The fourth-order valence-electron chi connectivity index (χ4n) is 3.86. The number of piperidine rings is 1. The molecule has 0 saturated carbocycles. The van der Waals surface area contributed by atoms with E-state index in [1.165, 1.54) is 29.2 Å². The SMILES string of the molecule is [B][C@]1(N2Cc3cc(CNC(=O)C(F)(F)c4ccc(Cl)cc4)ccc3C2=O)CCC(=O)NC1=O. The van der Waals surface area contributed by atoms with Crippen LogP contribution >= 0.6 is 11.6 Å². The Morgan fingerprint density at radius 2 is 1.88 bits per heavy atom. The van der Waals surface area contributed by atoms with Gasteiger partial charge in [-0.25, -0.2) is 0 Å². The second-order valence-electron chi connectivity index (χ2n) is 7.95. The molecule has 1 fully saturated rings. The Hall–Kier alpha value is -3.27. The van der Waals surface area contributed by atoms with Crippen LogP contribution in [-0.4, -0.2) is 41.8 Å². The van der Waals surface area contributed by atoms with Crippen LogP contribution in [0.1, 0.15) is 39.9 Å². The van der Waals surface area contributed by atoms with E-state index in [0.717, 1.165) is 12.1 Å². The first-order valence-corrected chi connectivity index (χ1v) is 10.4. The monoisotopic (exact) mass is 471 g/mol. The van der Waals surface area contributed by atoms with E-state index in [1.807, 2.05) is 0 Å². The van der Waals surface area contributed by atoms with Gasteiger partial charge in [-0.2, -0.15) is 8.78 Å². The number of hydrogen-bond acceptors (Lipinski definition) is 4. The molecule has 0 unspecified atom stereocenters. The maximum Gasteiger partial charge on any atom is 0.349 e. The molecule has 2 aromatic carbocycles. The molecule has 1 atom stereocenters. The molecule has 7 nitrogen and oxygen atoms in total. The first-order valence-electron chi connectivity index (χ1n) is 10.0. The fourth-order valence-corrected chi connectivity index (χ4v) is 3.99. The van der Waals surface area contributed by atoms with Crippen molar-refractivity contribution in [1.29, 1.82) is 0 Å². The minimum Gasteiger partial charge on any atom is -0.346 e. The second-order valence-corrected chi connectivity index (χ2v) is 8.38. The number of halogens is 3. The molecule has 4 rings (SSSR count). The Balaban J connectivity index is 1.46. The van der Waals surface area contributed by atoms with Crippen molar-refractivity contribution < 1.29 is 28.0 Å². The van der Waals surface area contributed by atoms with E-state index in [-0.39, 0.29) is 31.0 Å². The molecule has 2 aromatic rings. The molecule has 1 saturated heterocycles. The molecule has 168 valence electrons. The van der Waals surface area contributed by atoms with E-state index in [2.05, 4.69) is 10.6 Å². The molecule has 0 bridgehead atoms. The lowest BCUT2D eigenvalue weighted by Gasteiger charge is -2.40. The molecule has 0 aromatic heterocycles. The summed E-state index contributed by atoms with van der Waals surface area (Å²) in [4.78, 5) is 49.9. The van der Waals surface area contributed by atoms with Crippen LogP contribution in [0.25, 0.3) is 0 Å². The number of benzene rings is 2. The highest BCUT2D eigenvalue weighted by Gasteiger charge is 2.47. The Morgan fingerprint density at radius 3 is 2.55 bits per heavy atom. The molecule has 2 aliphatic rings. The summed E-state index contributed by atoms with van der Waals surface area (Å²) in [7, 11) is 6.18. The number of carbonyl (C=O) groups excluding carboxylic acids is 4. The van der Waals surface area contributed by atoms with Gasteiger partial charge in [0.1, 0.15) is 7.85 Å². The quantitative estimate of drug-likeness (QED) is 0.515. The Morgan fingerprint density at radius 1 is 1.18 bits per heavy atom. The number of carbonyl (C=O) groups is 4. The minimum absolute atomic E-state index is 0.00147. The topological polar surface area (TPSA) is 95.6 Å². The average molecular weight is 472 g/mol. The molecule has 0 spiro atoms. The molecule has 33 heavy (non-hydrogen) atoms. The Bertz CT molecular complexity index is 1170. The normalized spacial score (nSPS) is 20.5. The lowest BCUT2D eigenvalue weighted by molar-refractivity contribution is -0.147. The molecule has 2 N–H and O–H groups in total. The first-order chi connectivity index (χ1) is 15.5. The Labute approximate surface area is 193 Å². The van der Waals surface area contributed by atoms with Gasteiger partial charge in [-0.3, -0.25) is 24.5 Å². The zero-order valence-electron chi connectivity index (χ0n) is 17.2. The molecular formula is C22H17BClF2N3O4. The van der Waals surface area contributed by atoms with E-state index >= 15 is 0 Å². The van der Waals surface area contributed by atoms with Crippen LogP contribution in [0.15, 0.2) is 42.5 Å². The molecule has 2 radical (unpaired) electrons. The van der Waals surface area contributed by atoms with Gasteiger partial charge in [-0.15, -0.1) is 0 Å². The number of fused-ring (bicyclic) bond motifs is 1. The summed E-state index contributed by atoms with van der Waals surface area (Å²) >= 11 is 5.70. The lowest BCUT2D eigenvalue weighted by Crippen LogP contribution is -2.63. The van der Waals surface area contributed by atoms with Crippen molar-refractivity contribution in [3.63, 3.8) is 0 Å². The number of imide groups is 1. The predicted octanol–water partition coefficient (Wildman–Crippen LogP) is 2.01. The molecular weight excluding hydrogens is 455 g/mol. The highest BCUT2D eigenvalue weighted by atomic mass is 35.5. The molecule has 0 aliphatic carbocycles. The van der Waals surface area contributed by atoms with Crippen LogP contribution in [0.4, 0.5) is 8.78 Å². The van der Waals surface area contributed by atoms with Gasteiger partial charge in [0, 0.05) is 35.7 Å². The van der Waals surface area contributed by atoms with E-state index in [9.17, 15) is 28.0 Å². The van der Waals surface area contributed by atoms with E-state index in [1.54, 1.807) is 6.07 Å². The number of rotatable bonds is 5. The van der Waals surface area contributed by atoms with Gasteiger partial charge in [0.25, 0.3) is 11.8 Å².